The Morgan fingerprint density at radius 1 is 1.19 bits per heavy atom. The van der Waals surface area contributed by atoms with E-state index in [4.69, 9.17) is 5.73 Å². The summed E-state index contributed by atoms with van der Waals surface area (Å²) >= 11 is 0. The number of amides is 1. The van der Waals surface area contributed by atoms with Gasteiger partial charge in [-0.3, -0.25) is 4.79 Å². The Labute approximate surface area is 120 Å². The lowest BCUT2D eigenvalue weighted by atomic mass is 9.84. The van der Waals surface area contributed by atoms with Gasteiger partial charge in [0.2, 0.25) is 5.91 Å². The average Bonchev–Trinajstić information content (AvgIpc) is 2.98. The number of nitrogens with one attached hydrogen (secondary N) is 1. The average molecular weight is 298 g/mol. The standard InChI is InChI=1S/C15H17F3N2O/c16-15(17,18)10-3-1-2-4-11(10)20-14(21)12-8-5-6-9(7-8)13(12)19/h1-4,8-9,12-13H,5-7,19H2,(H,20,21). The lowest BCUT2D eigenvalue weighted by Gasteiger charge is -2.27. The summed E-state index contributed by atoms with van der Waals surface area (Å²) < 4.78 is 38.8. The molecule has 2 aliphatic rings. The second-order valence-electron chi connectivity index (χ2n) is 5.97. The number of carbonyl (C=O) groups excluding carboxylic acids is 1. The Morgan fingerprint density at radius 2 is 1.86 bits per heavy atom. The van der Waals surface area contributed by atoms with E-state index in [9.17, 15) is 18.0 Å². The zero-order valence-corrected chi connectivity index (χ0v) is 11.4. The molecule has 2 saturated carbocycles. The SMILES string of the molecule is NC1C2CCC(C2)C1C(=O)Nc1ccccc1C(F)(F)F. The van der Waals surface area contributed by atoms with E-state index in [-0.39, 0.29) is 29.5 Å². The summed E-state index contributed by atoms with van der Waals surface area (Å²) in [7, 11) is 0. The third-order valence-electron chi connectivity index (χ3n) is 4.77. The molecule has 1 amide bonds. The van der Waals surface area contributed by atoms with Gasteiger partial charge in [-0.15, -0.1) is 0 Å². The smallest absolute Gasteiger partial charge is 0.327 e. The molecular formula is C15H17F3N2O. The molecule has 2 bridgehead atoms. The van der Waals surface area contributed by atoms with E-state index < -0.39 is 11.7 Å². The molecule has 0 saturated heterocycles. The Bertz CT molecular complexity index is 556. The summed E-state index contributed by atoms with van der Waals surface area (Å²) in [6, 6.07) is 4.80. The lowest BCUT2D eigenvalue weighted by molar-refractivity contribution is -0.137. The number of benzene rings is 1. The van der Waals surface area contributed by atoms with Gasteiger partial charge in [-0.2, -0.15) is 13.2 Å². The fourth-order valence-corrected chi connectivity index (χ4v) is 3.78. The van der Waals surface area contributed by atoms with Crippen LogP contribution in [0.4, 0.5) is 18.9 Å². The molecule has 0 aromatic heterocycles. The van der Waals surface area contributed by atoms with Crippen molar-refractivity contribution in [1.82, 2.24) is 0 Å². The van der Waals surface area contributed by atoms with Crippen molar-refractivity contribution in [2.24, 2.45) is 23.5 Å². The zero-order chi connectivity index (χ0) is 15.2. The van der Waals surface area contributed by atoms with Gasteiger partial charge in [0, 0.05) is 6.04 Å². The Hall–Kier alpha value is -1.56. The maximum absolute atomic E-state index is 12.9. The van der Waals surface area contributed by atoms with Crippen molar-refractivity contribution in [3.63, 3.8) is 0 Å². The fraction of sp³-hybridized carbons (Fsp3) is 0.533. The molecule has 1 aromatic carbocycles. The van der Waals surface area contributed by atoms with Gasteiger partial charge in [0.1, 0.15) is 0 Å². The first kappa shape index (κ1) is 14.4. The van der Waals surface area contributed by atoms with Crippen molar-refractivity contribution < 1.29 is 18.0 Å². The van der Waals surface area contributed by atoms with Crippen molar-refractivity contribution >= 4 is 11.6 Å². The number of nitrogens with two attached hydrogens (primary N) is 1. The van der Waals surface area contributed by atoms with Gasteiger partial charge in [0.25, 0.3) is 0 Å². The molecule has 2 fully saturated rings. The van der Waals surface area contributed by atoms with Crippen molar-refractivity contribution in [2.45, 2.75) is 31.5 Å². The third kappa shape index (κ3) is 2.52. The monoisotopic (exact) mass is 298 g/mol. The number of carbonyl (C=O) groups is 1. The normalized spacial score (nSPS) is 31.4. The number of alkyl halides is 3. The maximum Gasteiger partial charge on any atom is 0.418 e. The van der Waals surface area contributed by atoms with Gasteiger partial charge in [0.05, 0.1) is 17.2 Å². The van der Waals surface area contributed by atoms with Crippen LogP contribution in [0.2, 0.25) is 0 Å². The van der Waals surface area contributed by atoms with Crippen molar-refractivity contribution in [2.75, 3.05) is 5.32 Å². The molecule has 0 radical (unpaired) electrons. The van der Waals surface area contributed by atoms with Crippen molar-refractivity contribution in [3.8, 4) is 0 Å². The number of anilines is 1. The van der Waals surface area contributed by atoms with Crippen LogP contribution in [-0.2, 0) is 11.0 Å². The van der Waals surface area contributed by atoms with Crippen LogP contribution in [0.5, 0.6) is 0 Å². The first-order chi connectivity index (χ1) is 9.88. The summed E-state index contributed by atoms with van der Waals surface area (Å²) in [5.74, 6) is -0.205. The third-order valence-corrected chi connectivity index (χ3v) is 4.77. The molecule has 3 N–H and O–H groups in total. The molecular weight excluding hydrogens is 281 g/mol. The molecule has 0 spiro atoms. The van der Waals surface area contributed by atoms with Crippen LogP contribution in [-0.4, -0.2) is 11.9 Å². The Balaban J connectivity index is 1.80. The molecule has 1 aromatic rings. The second kappa shape index (κ2) is 5.02. The summed E-state index contributed by atoms with van der Waals surface area (Å²) in [5.41, 5.74) is 5.05. The van der Waals surface area contributed by atoms with Crippen molar-refractivity contribution in [1.29, 1.82) is 0 Å². The molecule has 4 unspecified atom stereocenters. The van der Waals surface area contributed by atoms with E-state index in [2.05, 4.69) is 5.32 Å². The zero-order valence-electron chi connectivity index (χ0n) is 11.4. The fourth-order valence-electron chi connectivity index (χ4n) is 3.78. The van der Waals surface area contributed by atoms with Gasteiger partial charge in [-0.25, -0.2) is 0 Å². The van der Waals surface area contributed by atoms with Gasteiger partial charge in [-0.1, -0.05) is 12.1 Å². The first-order valence-electron chi connectivity index (χ1n) is 7.10. The molecule has 0 aliphatic heterocycles. The van der Waals surface area contributed by atoms with Crippen LogP contribution in [0, 0.1) is 17.8 Å². The predicted molar refractivity (Wildman–Crippen MR) is 72.4 cm³/mol. The van der Waals surface area contributed by atoms with Gasteiger partial charge < -0.3 is 11.1 Å². The molecule has 3 nitrogen and oxygen atoms in total. The van der Waals surface area contributed by atoms with Crippen LogP contribution in [0.1, 0.15) is 24.8 Å². The number of hydrogen-bond donors (Lipinski definition) is 2. The number of halogens is 3. The van der Waals surface area contributed by atoms with E-state index >= 15 is 0 Å². The maximum atomic E-state index is 12.9. The van der Waals surface area contributed by atoms with E-state index in [0.29, 0.717) is 5.92 Å². The quantitative estimate of drug-likeness (QED) is 0.882. The number of para-hydroxylation sites is 1. The van der Waals surface area contributed by atoms with Gasteiger partial charge in [-0.05, 0) is 43.2 Å². The minimum atomic E-state index is -4.49. The molecule has 21 heavy (non-hydrogen) atoms. The summed E-state index contributed by atoms with van der Waals surface area (Å²) in [5, 5.41) is 2.44. The van der Waals surface area contributed by atoms with E-state index in [1.54, 1.807) is 0 Å². The largest absolute Gasteiger partial charge is 0.418 e. The highest BCUT2D eigenvalue weighted by atomic mass is 19.4. The van der Waals surface area contributed by atoms with E-state index in [1.807, 2.05) is 0 Å². The molecule has 3 rings (SSSR count). The minimum Gasteiger partial charge on any atom is -0.327 e. The Morgan fingerprint density at radius 3 is 2.48 bits per heavy atom. The van der Waals surface area contributed by atoms with Crippen LogP contribution in [0.25, 0.3) is 0 Å². The highest BCUT2D eigenvalue weighted by molar-refractivity contribution is 5.94. The highest BCUT2D eigenvalue weighted by Crippen LogP contribution is 2.48. The van der Waals surface area contributed by atoms with E-state index in [0.717, 1.165) is 25.3 Å². The minimum absolute atomic E-state index is 0.190. The Kier molecular flexibility index (Phi) is 3.43. The number of fused-ring (bicyclic) bond motifs is 2. The highest BCUT2D eigenvalue weighted by Gasteiger charge is 2.49. The molecule has 114 valence electrons. The van der Waals surface area contributed by atoms with Crippen molar-refractivity contribution in [3.05, 3.63) is 29.8 Å². The van der Waals surface area contributed by atoms with E-state index in [1.165, 1.54) is 18.2 Å². The lowest BCUT2D eigenvalue weighted by Crippen LogP contribution is -2.42. The van der Waals surface area contributed by atoms with Gasteiger partial charge in [0.15, 0.2) is 0 Å². The molecule has 0 heterocycles. The predicted octanol–water partition coefficient (Wildman–Crippen LogP) is 3.02. The molecule has 4 atom stereocenters. The van der Waals surface area contributed by atoms with Crippen LogP contribution >= 0.6 is 0 Å². The first-order valence-corrected chi connectivity index (χ1v) is 7.10. The summed E-state index contributed by atoms with van der Waals surface area (Å²) in [6.45, 7) is 0. The molecule has 2 aliphatic carbocycles. The summed E-state index contributed by atoms with van der Waals surface area (Å²) in [6.07, 6.45) is -1.60. The number of rotatable bonds is 2. The molecule has 6 heteroatoms. The topological polar surface area (TPSA) is 55.1 Å². The second-order valence-corrected chi connectivity index (χ2v) is 5.97. The van der Waals surface area contributed by atoms with Crippen LogP contribution in [0.15, 0.2) is 24.3 Å². The summed E-state index contributed by atoms with van der Waals surface area (Å²) in [4.78, 5) is 12.3. The van der Waals surface area contributed by atoms with Crippen LogP contribution in [0.3, 0.4) is 0 Å². The number of hydrogen-bond acceptors (Lipinski definition) is 2. The van der Waals surface area contributed by atoms with Gasteiger partial charge >= 0.3 is 6.18 Å². The van der Waals surface area contributed by atoms with Crippen LogP contribution < -0.4 is 11.1 Å².